The Morgan fingerprint density at radius 3 is 2.36 bits per heavy atom. The first-order valence-corrected chi connectivity index (χ1v) is 8.19. The summed E-state index contributed by atoms with van der Waals surface area (Å²) in [5.74, 6) is -0.137. The summed E-state index contributed by atoms with van der Waals surface area (Å²) in [5, 5.41) is 2.90. The fourth-order valence-corrected chi connectivity index (χ4v) is 2.93. The molecule has 25 heavy (non-hydrogen) atoms. The van der Waals surface area contributed by atoms with E-state index in [0.717, 1.165) is 18.7 Å². The highest BCUT2D eigenvalue weighted by atomic mass is 35.5. The lowest BCUT2D eigenvalue weighted by molar-refractivity contribution is 0.102. The van der Waals surface area contributed by atoms with Crippen LogP contribution in [-0.2, 0) is 6.42 Å². The minimum atomic E-state index is -0.137. The van der Waals surface area contributed by atoms with E-state index < -0.39 is 0 Å². The van der Waals surface area contributed by atoms with Gasteiger partial charge in [0.25, 0.3) is 5.91 Å². The number of amides is 1. The number of nitrogens with one attached hydrogen (secondary N) is 1. The van der Waals surface area contributed by atoms with Crippen LogP contribution in [0.1, 0.15) is 28.8 Å². The molecule has 1 saturated heterocycles. The molecule has 1 aliphatic heterocycles. The Bertz CT molecular complexity index is 671. The average molecular weight is 382 g/mol. The van der Waals surface area contributed by atoms with Gasteiger partial charge in [-0.3, -0.25) is 4.79 Å². The zero-order valence-corrected chi connectivity index (χ0v) is 15.7. The maximum atomic E-state index is 12.2. The standard InChI is InChI=1S/C19H23N3O.2ClH/c20-17-5-3-4-16(14-17)19(23)21-18-8-6-15(7-9-18)10-13-22-11-1-2-12-22;;/h3-9,14H,1-2,10-13,20H2,(H,21,23);2*1H. The van der Waals surface area contributed by atoms with Gasteiger partial charge < -0.3 is 16.0 Å². The molecule has 0 aromatic heterocycles. The maximum absolute atomic E-state index is 12.2. The molecule has 1 heterocycles. The molecule has 3 N–H and O–H groups in total. The van der Waals surface area contributed by atoms with Gasteiger partial charge in [-0.25, -0.2) is 0 Å². The molecule has 2 aromatic rings. The molecule has 1 aliphatic rings. The number of hydrogen-bond donors (Lipinski definition) is 2. The topological polar surface area (TPSA) is 58.4 Å². The molecule has 0 aliphatic carbocycles. The summed E-state index contributed by atoms with van der Waals surface area (Å²) >= 11 is 0. The van der Waals surface area contributed by atoms with E-state index in [-0.39, 0.29) is 30.7 Å². The van der Waals surface area contributed by atoms with Gasteiger partial charge >= 0.3 is 0 Å². The summed E-state index contributed by atoms with van der Waals surface area (Å²) < 4.78 is 0. The first-order chi connectivity index (χ1) is 11.2. The summed E-state index contributed by atoms with van der Waals surface area (Å²) in [5.41, 5.74) is 8.99. The van der Waals surface area contributed by atoms with Crippen molar-refractivity contribution in [3.63, 3.8) is 0 Å². The Morgan fingerprint density at radius 2 is 1.72 bits per heavy atom. The molecule has 6 heteroatoms. The fraction of sp³-hybridized carbons (Fsp3) is 0.316. The second kappa shape index (κ2) is 10.3. The molecule has 1 fully saturated rings. The van der Waals surface area contributed by atoms with Crippen molar-refractivity contribution in [2.75, 3.05) is 30.7 Å². The lowest BCUT2D eigenvalue weighted by Crippen LogP contribution is -2.21. The minimum Gasteiger partial charge on any atom is -0.399 e. The summed E-state index contributed by atoms with van der Waals surface area (Å²) in [6.07, 6.45) is 3.72. The predicted molar refractivity (Wildman–Crippen MR) is 109 cm³/mol. The Labute approximate surface area is 161 Å². The second-order valence-electron chi connectivity index (χ2n) is 6.08. The van der Waals surface area contributed by atoms with Crippen LogP contribution in [0.5, 0.6) is 0 Å². The van der Waals surface area contributed by atoms with E-state index in [9.17, 15) is 4.79 Å². The molecule has 0 bridgehead atoms. The van der Waals surface area contributed by atoms with Gasteiger partial charge in [0.1, 0.15) is 0 Å². The number of anilines is 2. The van der Waals surface area contributed by atoms with Gasteiger partial charge in [0.2, 0.25) is 0 Å². The number of likely N-dealkylation sites (tertiary alicyclic amines) is 1. The number of halogens is 2. The van der Waals surface area contributed by atoms with Crippen molar-refractivity contribution in [2.45, 2.75) is 19.3 Å². The lowest BCUT2D eigenvalue weighted by atomic mass is 10.1. The molecule has 4 nitrogen and oxygen atoms in total. The van der Waals surface area contributed by atoms with Crippen molar-refractivity contribution >= 4 is 42.1 Å². The van der Waals surface area contributed by atoms with Crippen LogP contribution in [0.2, 0.25) is 0 Å². The van der Waals surface area contributed by atoms with E-state index in [4.69, 9.17) is 5.73 Å². The Balaban J connectivity index is 0.00000156. The number of hydrogen-bond acceptors (Lipinski definition) is 3. The van der Waals surface area contributed by atoms with Gasteiger partial charge in [-0.15, -0.1) is 24.8 Å². The van der Waals surface area contributed by atoms with E-state index in [2.05, 4.69) is 22.3 Å². The predicted octanol–water partition coefficient (Wildman–Crippen LogP) is 4.00. The van der Waals surface area contributed by atoms with Crippen molar-refractivity contribution in [3.05, 3.63) is 59.7 Å². The molecule has 0 spiro atoms. The molecule has 0 radical (unpaired) electrons. The van der Waals surface area contributed by atoms with Crippen molar-refractivity contribution in [1.82, 2.24) is 4.90 Å². The van der Waals surface area contributed by atoms with E-state index in [1.54, 1.807) is 24.3 Å². The monoisotopic (exact) mass is 381 g/mol. The molecular formula is C19H25Cl2N3O. The zero-order valence-electron chi connectivity index (χ0n) is 14.1. The summed E-state index contributed by atoms with van der Waals surface area (Å²) in [4.78, 5) is 14.7. The van der Waals surface area contributed by atoms with Crippen molar-refractivity contribution in [1.29, 1.82) is 0 Å². The van der Waals surface area contributed by atoms with E-state index in [0.29, 0.717) is 11.3 Å². The van der Waals surface area contributed by atoms with Crippen LogP contribution in [0.3, 0.4) is 0 Å². The molecule has 2 aromatic carbocycles. The lowest BCUT2D eigenvalue weighted by Gasteiger charge is -2.14. The van der Waals surface area contributed by atoms with Crippen molar-refractivity contribution in [3.8, 4) is 0 Å². The third-order valence-corrected chi connectivity index (χ3v) is 4.28. The number of nitrogen functional groups attached to an aromatic ring is 1. The van der Waals surface area contributed by atoms with Gasteiger partial charge in [0.15, 0.2) is 0 Å². The van der Waals surface area contributed by atoms with Crippen molar-refractivity contribution in [2.24, 2.45) is 0 Å². The van der Waals surface area contributed by atoms with Gasteiger partial charge in [0, 0.05) is 23.5 Å². The van der Waals surface area contributed by atoms with E-state index in [1.165, 1.54) is 31.5 Å². The molecule has 136 valence electrons. The van der Waals surface area contributed by atoms with Crippen LogP contribution < -0.4 is 11.1 Å². The first kappa shape index (κ1) is 21.3. The Morgan fingerprint density at radius 1 is 1.04 bits per heavy atom. The molecule has 0 atom stereocenters. The third-order valence-electron chi connectivity index (χ3n) is 4.28. The highest BCUT2D eigenvalue weighted by molar-refractivity contribution is 6.04. The number of rotatable bonds is 5. The normalized spacial score (nSPS) is 13.6. The van der Waals surface area contributed by atoms with Crippen molar-refractivity contribution < 1.29 is 4.79 Å². The van der Waals surface area contributed by atoms with Gasteiger partial charge in [-0.1, -0.05) is 18.2 Å². The van der Waals surface area contributed by atoms with Crippen LogP contribution in [0.25, 0.3) is 0 Å². The SMILES string of the molecule is Cl.Cl.Nc1cccc(C(=O)Nc2ccc(CCN3CCCC3)cc2)c1. The number of benzene rings is 2. The summed E-state index contributed by atoms with van der Waals surface area (Å²) in [6.45, 7) is 3.58. The third kappa shape index (κ3) is 6.24. The van der Waals surface area contributed by atoms with Gasteiger partial charge in [-0.05, 0) is 68.2 Å². The van der Waals surface area contributed by atoms with Crippen LogP contribution in [0, 0.1) is 0 Å². The number of nitrogens with zero attached hydrogens (tertiary/aromatic N) is 1. The highest BCUT2D eigenvalue weighted by Gasteiger charge is 2.11. The van der Waals surface area contributed by atoms with E-state index >= 15 is 0 Å². The van der Waals surface area contributed by atoms with Gasteiger partial charge in [0.05, 0.1) is 0 Å². The fourth-order valence-electron chi connectivity index (χ4n) is 2.93. The average Bonchev–Trinajstić information content (AvgIpc) is 3.08. The maximum Gasteiger partial charge on any atom is 0.255 e. The summed E-state index contributed by atoms with van der Waals surface area (Å²) in [7, 11) is 0. The number of carbonyl (C=O) groups excluding carboxylic acids is 1. The minimum absolute atomic E-state index is 0. The largest absolute Gasteiger partial charge is 0.399 e. The smallest absolute Gasteiger partial charge is 0.255 e. The quantitative estimate of drug-likeness (QED) is 0.769. The molecule has 1 amide bonds. The molecular weight excluding hydrogens is 357 g/mol. The first-order valence-electron chi connectivity index (χ1n) is 8.19. The van der Waals surface area contributed by atoms with Crippen LogP contribution in [0.15, 0.2) is 48.5 Å². The highest BCUT2D eigenvalue weighted by Crippen LogP contribution is 2.14. The second-order valence-corrected chi connectivity index (χ2v) is 6.08. The van der Waals surface area contributed by atoms with E-state index in [1.807, 2.05) is 12.1 Å². The van der Waals surface area contributed by atoms with Crippen LogP contribution in [0.4, 0.5) is 11.4 Å². The Kier molecular flexibility index (Phi) is 8.76. The molecule has 0 unspecified atom stereocenters. The number of nitrogens with two attached hydrogens (primary N) is 1. The van der Waals surface area contributed by atoms with Gasteiger partial charge in [-0.2, -0.15) is 0 Å². The summed E-state index contributed by atoms with van der Waals surface area (Å²) in [6, 6.07) is 15.1. The number of carbonyl (C=O) groups is 1. The molecule has 0 saturated carbocycles. The molecule has 3 rings (SSSR count). The zero-order chi connectivity index (χ0) is 16.1. The van der Waals surface area contributed by atoms with Crippen LogP contribution >= 0.6 is 24.8 Å². The Hall–Kier alpha value is -1.75. The van der Waals surface area contributed by atoms with Crippen LogP contribution in [-0.4, -0.2) is 30.4 Å².